The molecule has 0 N–H and O–H groups in total. The van der Waals surface area contributed by atoms with Gasteiger partial charge in [-0.1, -0.05) is 26.7 Å². The highest BCUT2D eigenvalue weighted by molar-refractivity contribution is 4.84. The fraction of sp³-hybridized carbons (Fsp3) is 1.00. The van der Waals surface area contributed by atoms with Crippen molar-refractivity contribution >= 4 is 0 Å². The fourth-order valence-electron chi connectivity index (χ4n) is 3.36. The topological polar surface area (TPSA) is 0 Å². The van der Waals surface area contributed by atoms with Gasteiger partial charge in [0, 0.05) is 0 Å². The highest BCUT2D eigenvalue weighted by atomic mass is 14.4. The van der Waals surface area contributed by atoms with Gasteiger partial charge in [0.1, 0.15) is 0 Å². The van der Waals surface area contributed by atoms with E-state index in [9.17, 15) is 0 Å². The highest BCUT2D eigenvalue weighted by Gasteiger charge is 2.33. The summed E-state index contributed by atoms with van der Waals surface area (Å²) in [6.45, 7) is 4.88. The zero-order valence-corrected chi connectivity index (χ0v) is 8.55. The van der Waals surface area contributed by atoms with Crippen molar-refractivity contribution in [1.82, 2.24) is 0 Å². The molecular formula is C12H22. The van der Waals surface area contributed by atoms with Gasteiger partial charge in [-0.15, -0.1) is 0 Å². The molecular weight excluding hydrogens is 144 g/mol. The summed E-state index contributed by atoms with van der Waals surface area (Å²) in [7, 11) is 0. The van der Waals surface area contributed by atoms with Crippen LogP contribution in [-0.4, -0.2) is 0 Å². The molecule has 0 saturated heterocycles. The first kappa shape index (κ1) is 8.59. The summed E-state index contributed by atoms with van der Waals surface area (Å²) in [6, 6.07) is 0. The van der Waals surface area contributed by atoms with Crippen molar-refractivity contribution in [3.05, 3.63) is 0 Å². The Labute approximate surface area is 76.7 Å². The molecule has 2 fully saturated rings. The molecule has 2 aliphatic rings. The lowest BCUT2D eigenvalue weighted by Gasteiger charge is -2.14. The second kappa shape index (κ2) is 3.40. The predicted molar refractivity (Wildman–Crippen MR) is 53.0 cm³/mol. The van der Waals surface area contributed by atoms with E-state index in [1.54, 1.807) is 0 Å². The van der Waals surface area contributed by atoms with Gasteiger partial charge in [-0.25, -0.2) is 0 Å². The summed E-state index contributed by atoms with van der Waals surface area (Å²) >= 11 is 0. The second-order valence-corrected chi connectivity index (χ2v) is 5.36. The fourth-order valence-corrected chi connectivity index (χ4v) is 3.36. The maximum absolute atomic E-state index is 2.44. The smallest absolute Gasteiger partial charge is 0.0383 e. The summed E-state index contributed by atoms with van der Waals surface area (Å²) in [5, 5.41) is 0. The van der Waals surface area contributed by atoms with Crippen LogP contribution < -0.4 is 0 Å². The maximum Gasteiger partial charge on any atom is -0.0383 e. The SMILES string of the molecule is CC1CCC2CC(C)CC2CC1. The highest BCUT2D eigenvalue weighted by Crippen LogP contribution is 2.44. The van der Waals surface area contributed by atoms with Crippen molar-refractivity contribution in [1.29, 1.82) is 0 Å². The van der Waals surface area contributed by atoms with E-state index >= 15 is 0 Å². The van der Waals surface area contributed by atoms with Gasteiger partial charge < -0.3 is 0 Å². The average molecular weight is 166 g/mol. The summed E-state index contributed by atoms with van der Waals surface area (Å²) in [4.78, 5) is 0. The molecule has 0 aromatic heterocycles. The quantitative estimate of drug-likeness (QED) is 0.512. The van der Waals surface area contributed by atoms with Gasteiger partial charge in [0.15, 0.2) is 0 Å². The number of hydrogen-bond acceptors (Lipinski definition) is 0. The summed E-state index contributed by atoms with van der Waals surface area (Å²) < 4.78 is 0. The zero-order chi connectivity index (χ0) is 8.55. The van der Waals surface area contributed by atoms with E-state index in [0.717, 1.165) is 23.7 Å². The lowest BCUT2D eigenvalue weighted by Crippen LogP contribution is -2.04. The van der Waals surface area contributed by atoms with E-state index < -0.39 is 0 Å². The maximum atomic E-state index is 2.44. The van der Waals surface area contributed by atoms with Crippen molar-refractivity contribution in [2.24, 2.45) is 23.7 Å². The van der Waals surface area contributed by atoms with Gasteiger partial charge in [0.2, 0.25) is 0 Å². The third-order valence-electron chi connectivity index (χ3n) is 4.14. The van der Waals surface area contributed by atoms with Crippen LogP contribution in [0.25, 0.3) is 0 Å². The molecule has 0 aliphatic heterocycles. The Bertz CT molecular complexity index is 134. The van der Waals surface area contributed by atoms with Crippen molar-refractivity contribution in [3.8, 4) is 0 Å². The van der Waals surface area contributed by atoms with Crippen LogP contribution in [0.5, 0.6) is 0 Å². The van der Waals surface area contributed by atoms with Crippen LogP contribution >= 0.6 is 0 Å². The molecule has 2 unspecified atom stereocenters. The van der Waals surface area contributed by atoms with Gasteiger partial charge in [-0.2, -0.15) is 0 Å². The van der Waals surface area contributed by atoms with Crippen molar-refractivity contribution in [2.45, 2.75) is 52.4 Å². The van der Waals surface area contributed by atoms with Gasteiger partial charge in [-0.05, 0) is 49.4 Å². The molecule has 12 heavy (non-hydrogen) atoms. The molecule has 0 heterocycles. The molecule has 2 saturated carbocycles. The minimum absolute atomic E-state index is 1.02. The number of hydrogen-bond donors (Lipinski definition) is 0. The molecule has 0 bridgehead atoms. The molecule has 70 valence electrons. The van der Waals surface area contributed by atoms with E-state index in [-0.39, 0.29) is 0 Å². The monoisotopic (exact) mass is 166 g/mol. The molecule has 0 aromatic rings. The third-order valence-corrected chi connectivity index (χ3v) is 4.14. The normalized spacial score (nSPS) is 48.5. The summed E-state index contributed by atoms with van der Waals surface area (Å²) in [6.07, 6.45) is 9.17. The van der Waals surface area contributed by atoms with Crippen LogP contribution in [0.4, 0.5) is 0 Å². The minimum Gasteiger partial charge on any atom is -0.0625 e. The molecule has 0 spiro atoms. The van der Waals surface area contributed by atoms with Crippen LogP contribution in [0.1, 0.15) is 52.4 Å². The largest absolute Gasteiger partial charge is 0.0625 e. The van der Waals surface area contributed by atoms with E-state index in [1.165, 1.54) is 38.5 Å². The first-order chi connectivity index (χ1) is 5.75. The molecule has 0 amide bonds. The first-order valence-corrected chi connectivity index (χ1v) is 5.75. The minimum atomic E-state index is 1.02. The van der Waals surface area contributed by atoms with Crippen molar-refractivity contribution in [3.63, 3.8) is 0 Å². The molecule has 0 heteroatoms. The molecule has 2 aliphatic carbocycles. The van der Waals surface area contributed by atoms with Gasteiger partial charge in [0.05, 0.1) is 0 Å². The standard InChI is InChI=1S/C12H22/c1-9-3-5-11-7-10(2)8-12(11)6-4-9/h9-12H,3-8H2,1-2H3. The van der Waals surface area contributed by atoms with Crippen LogP contribution in [0.2, 0.25) is 0 Å². The molecule has 2 atom stereocenters. The number of fused-ring (bicyclic) bond motifs is 1. The lowest BCUT2D eigenvalue weighted by molar-refractivity contribution is 0.367. The van der Waals surface area contributed by atoms with Crippen LogP contribution in [0.3, 0.4) is 0 Å². The second-order valence-electron chi connectivity index (χ2n) is 5.36. The van der Waals surface area contributed by atoms with E-state index in [4.69, 9.17) is 0 Å². The Morgan fingerprint density at radius 2 is 1.17 bits per heavy atom. The van der Waals surface area contributed by atoms with Crippen LogP contribution in [0.15, 0.2) is 0 Å². The lowest BCUT2D eigenvalue weighted by atomic mass is 9.92. The predicted octanol–water partition coefficient (Wildman–Crippen LogP) is 3.86. The first-order valence-electron chi connectivity index (χ1n) is 5.75. The Kier molecular flexibility index (Phi) is 2.43. The summed E-state index contributed by atoms with van der Waals surface area (Å²) in [5.74, 6) is 4.29. The Balaban J connectivity index is 1.95. The Morgan fingerprint density at radius 1 is 0.667 bits per heavy atom. The van der Waals surface area contributed by atoms with E-state index in [0.29, 0.717) is 0 Å². The number of rotatable bonds is 0. The van der Waals surface area contributed by atoms with Crippen molar-refractivity contribution in [2.75, 3.05) is 0 Å². The van der Waals surface area contributed by atoms with Crippen LogP contribution in [0, 0.1) is 23.7 Å². The van der Waals surface area contributed by atoms with E-state index in [1.807, 2.05) is 0 Å². The Hall–Kier alpha value is 0. The molecule has 0 radical (unpaired) electrons. The Morgan fingerprint density at radius 3 is 1.67 bits per heavy atom. The third kappa shape index (κ3) is 1.67. The van der Waals surface area contributed by atoms with Crippen molar-refractivity contribution < 1.29 is 0 Å². The van der Waals surface area contributed by atoms with Crippen LogP contribution in [-0.2, 0) is 0 Å². The van der Waals surface area contributed by atoms with E-state index in [2.05, 4.69) is 13.8 Å². The van der Waals surface area contributed by atoms with Gasteiger partial charge in [0.25, 0.3) is 0 Å². The molecule has 0 aromatic carbocycles. The van der Waals surface area contributed by atoms with Gasteiger partial charge in [-0.3, -0.25) is 0 Å². The molecule has 2 rings (SSSR count). The average Bonchev–Trinajstić information content (AvgIpc) is 2.31. The zero-order valence-electron chi connectivity index (χ0n) is 8.55. The molecule has 0 nitrogen and oxygen atoms in total. The van der Waals surface area contributed by atoms with Gasteiger partial charge >= 0.3 is 0 Å². The summed E-state index contributed by atoms with van der Waals surface area (Å²) in [5.41, 5.74) is 0.